The summed E-state index contributed by atoms with van der Waals surface area (Å²) in [5.74, 6) is 0.712. The first-order valence-corrected chi connectivity index (χ1v) is 11.5. The van der Waals surface area contributed by atoms with Crippen LogP contribution in [-0.2, 0) is 24.1 Å². The van der Waals surface area contributed by atoms with Crippen LogP contribution in [0.1, 0.15) is 67.1 Å². The summed E-state index contributed by atoms with van der Waals surface area (Å²) in [4.78, 5) is 23.0. The van der Waals surface area contributed by atoms with Crippen molar-refractivity contribution in [2.75, 3.05) is 13.2 Å². The fourth-order valence-electron chi connectivity index (χ4n) is 4.02. The van der Waals surface area contributed by atoms with E-state index in [1.165, 1.54) is 13.0 Å². The van der Waals surface area contributed by atoms with E-state index in [1.54, 1.807) is 6.07 Å². The minimum atomic E-state index is -0.944. The average molecular weight is 481 g/mol. The van der Waals surface area contributed by atoms with Gasteiger partial charge in [0.25, 0.3) is 0 Å². The average Bonchev–Trinajstić information content (AvgIpc) is 2.79. The zero-order valence-corrected chi connectivity index (χ0v) is 19.5. The monoisotopic (exact) mass is 480 g/mol. The molecule has 7 nitrogen and oxygen atoms in total. The number of carboxylic acid groups (broad SMARTS) is 1. The number of aromatic hydroxyl groups is 1. The van der Waals surface area contributed by atoms with Crippen LogP contribution in [0.5, 0.6) is 23.0 Å². The van der Waals surface area contributed by atoms with Gasteiger partial charge in [-0.15, -0.1) is 0 Å². The first-order valence-electron chi connectivity index (χ1n) is 11.5. The van der Waals surface area contributed by atoms with Crippen LogP contribution < -0.4 is 14.2 Å². The number of Topliss-reactive ketones (excluding diaryl/α,β-unsaturated/α-hetero) is 1. The van der Waals surface area contributed by atoms with Gasteiger partial charge in [-0.1, -0.05) is 26.3 Å². The summed E-state index contributed by atoms with van der Waals surface area (Å²) < 4.78 is 17.7. The number of ketones is 1. The number of carbonyl (C=O) groups excluding carboxylic acids is 1. The number of benzene rings is 2. The van der Waals surface area contributed by atoms with Crippen LogP contribution in [0.4, 0.5) is 0 Å². The second-order valence-electron chi connectivity index (χ2n) is 8.20. The van der Waals surface area contributed by atoms with Gasteiger partial charge in [0.05, 0.1) is 18.8 Å². The fraction of sp³-hybridized carbons (Fsp3) is 0.462. The molecule has 0 spiro atoms. The summed E-state index contributed by atoms with van der Waals surface area (Å²) in [6, 6.07) is 7.06. The molecule has 0 aliphatic carbocycles. The zero-order chi connectivity index (χ0) is 24.0. The normalized spacial score (nSPS) is 14.4. The summed E-state index contributed by atoms with van der Waals surface area (Å²) in [5.41, 5.74) is 3.10. The molecule has 8 heteroatoms. The standard InChI is InChI=1S/C26H32O7.Na.H/c1-4-7-19-22(10-8-18-9-11-23(26(29)30)33-25(18)19)31-12-6-13-32-24-15-21(28)20(16(3)27)14-17(24)5-2;;/h8,10,14-15,23,28H,4-7,9,11-13H2,1-3H3,(H,29,30);;. The molecule has 0 radical (unpaired) electrons. The van der Waals surface area contributed by atoms with Gasteiger partial charge in [-0.3, -0.25) is 4.79 Å². The third-order valence-corrected chi connectivity index (χ3v) is 5.75. The second-order valence-corrected chi connectivity index (χ2v) is 8.20. The first kappa shape index (κ1) is 28.0. The molecule has 180 valence electrons. The molecule has 1 atom stereocenters. The number of aryl methyl sites for hydroxylation is 2. The van der Waals surface area contributed by atoms with Gasteiger partial charge in [-0.25, -0.2) is 4.79 Å². The van der Waals surface area contributed by atoms with Crippen LogP contribution in [0.3, 0.4) is 0 Å². The molecule has 0 amide bonds. The molecule has 1 aliphatic rings. The van der Waals surface area contributed by atoms with Crippen molar-refractivity contribution in [1.82, 2.24) is 0 Å². The molecule has 1 heterocycles. The van der Waals surface area contributed by atoms with Crippen LogP contribution in [0.2, 0.25) is 0 Å². The molecule has 0 saturated heterocycles. The molecule has 0 bridgehead atoms. The number of hydrogen-bond acceptors (Lipinski definition) is 6. The van der Waals surface area contributed by atoms with Crippen LogP contribution in [0.15, 0.2) is 24.3 Å². The Kier molecular flexibility index (Phi) is 10.7. The predicted molar refractivity (Wildman–Crippen MR) is 131 cm³/mol. The van der Waals surface area contributed by atoms with Crippen molar-refractivity contribution in [3.05, 3.63) is 46.5 Å². The first-order chi connectivity index (χ1) is 15.8. The molecule has 0 aromatic heterocycles. The Bertz CT molecular complexity index is 1020. The summed E-state index contributed by atoms with van der Waals surface area (Å²) in [7, 11) is 0. The zero-order valence-electron chi connectivity index (χ0n) is 19.5. The van der Waals surface area contributed by atoms with E-state index in [0.717, 1.165) is 29.5 Å². The Hall–Kier alpha value is -2.22. The third-order valence-electron chi connectivity index (χ3n) is 5.75. The van der Waals surface area contributed by atoms with Gasteiger partial charge >= 0.3 is 35.5 Å². The number of fused-ring (bicyclic) bond motifs is 1. The van der Waals surface area contributed by atoms with E-state index >= 15 is 0 Å². The van der Waals surface area contributed by atoms with E-state index < -0.39 is 12.1 Å². The summed E-state index contributed by atoms with van der Waals surface area (Å²) >= 11 is 0. The molecule has 0 saturated carbocycles. The van der Waals surface area contributed by atoms with Crippen molar-refractivity contribution >= 4 is 41.3 Å². The van der Waals surface area contributed by atoms with E-state index in [-0.39, 0.29) is 41.1 Å². The van der Waals surface area contributed by atoms with Gasteiger partial charge in [-0.2, -0.15) is 0 Å². The molecule has 2 N–H and O–H groups in total. The van der Waals surface area contributed by atoms with E-state index in [0.29, 0.717) is 61.7 Å². The van der Waals surface area contributed by atoms with Crippen molar-refractivity contribution in [2.24, 2.45) is 0 Å². The van der Waals surface area contributed by atoms with Crippen molar-refractivity contribution in [3.8, 4) is 23.0 Å². The Labute approximate surface area is 222 Å². The molecular weight excluding hydrogens is 447 g/mol. The number of carbonyl (C=O) groups is 2. The predicted octanol–water partition coefficient (Wildman–Crippen LogP) is 4.09. The number of phenols is 1. The summed E-state index contributed by atoms with van der Waals surface area (Å²) in [6.07, 6.45) is 3.23. The number of ether oxygens (including phenoxy) is 3. The van der Waals surface area contributed by atoms with E-state index in [1.807, 2.05) is 19.1 Å². The molecule has 2 aromatic rings. The number of hydrogen-bond donors (Lipinski definition) is 2. The van der Waals surface area contributed by atoms with Gasteiger partial charge in [0.15, 0.2) is 11.9 Å². The van der Waals surface area contributed by atoms with E-state index in [2.05, 4.69) is 6.92 Å². The number of carboxylic acids is 1. The third kappa shape index (κ3) is 6.68. The summed E-state index contributed by atoms with van der Waals surface area (Å²) in [6.45, 7) is 6.25. The van der Waals surface area contributed by atoms with Crippen molar-refractivity contribution in [1.29, 1.82) is 0 Å². The topological polar surface area (TPSA) is 102 Å². The van der Waals surface area contributed by atoms with Gasteiger partial charge < -0.3 is 24.4 Å². The Morgan fingerprint density at radius 3 is 2.44 bits per heavy atom. The molecule has 1 aliphatic heterocycles. The number of phenolic OH excluding ortho intramolecular Hbond substituents is 1. The van der Waals surface area contributed by atoms with Crippen LogP contribution in [0, 0.1) is 0 Å². The SMILES string of the molecule is CCCc1c(OCCCOc2cc(O)c(C(C)=O)cc2CC)ccc2c1OC(C(=O)O)CC2.[NaH]. The molecular formula is C26H33NaO7. The van der Waals surface area contributed by atoms with Crippen molar-refractivity contribution in [3.63, 3.8) is 0 Å². The Morgan fingerprint density at radius 1 is 1.12 bits per heavy atom. The maximum absolute atomic E-state index is 11.6. The van der Waals surface area contributed by atoms with Crippen LogP contribution in [-0.4, -0.2) is 70.8 Å². The summed E-state index contributed by atoms with van der Waals surface area (Å²) in [5, 5.41) is 19.4. The maximum atomic E-state index is 11.6. The molecule has 34 heavy (non-hydrogen) atoms. The molecule has 2 aromatic carbocycles. The Balaban J connectivity index is 0.00000408. The quantitative estimate of drug-likeness (QED) is 0.284. The fourth-order valence-corrected chi connectivity index (χ4v) is 4.02. The van der Waals surface area contributed by atoms with Crippen molar-refractivity contribution in [2.45, 2.75) is 65.4 Å². The minimum absolute atomic E-state index is 0. The Morgan fingerprint density at radius 2 is 1.82 bits per heavy atom. The van der Waals surface area contributed by atoms with Crippen molar-refractivity contribution < 1.29 is 34.0 Å². The van der Waals surface area contributed by atoms with Gasteiger partial charge in [0.2, 0.25) is 0 Å². The van der Waals surface area contributed by atoms with Gasteiger partial charge in [0.1, 0.15) is 23.0 Å². The van der Waals surface area contributed by atoms with Gasteiger partial charge in [0, 0.05) is 18.1 Å². The second kappa shape index (κ2) is 13.0. The molecule has 3 rings (SSSR count). The van der Waals surface area contributed by atoms with E-state index in [9.17, 15) is 19.8 Å². The molecule has 0 fully saturated rings. The van der Waals surface area contributed by atoms with Crippen LogP contribution in [0.25, 0.3) is 0 Å². The van der Waals surface area contributed by atoms with Crippen LogP contribution >= 0.6 is 0 Å². The van der Waals surface area contributed by atoms with E-state index in [4.69, 9.17) is 14.2 Å². The molecule has 1 unspecified atom stereocenters. The number of rotatable bonds is 11. The number of aliphatic carboxylic acids is 1. The van der Waals surface area contributed by atoms with Gasteiger partial charge in [-0.05, 0) is 55.9 Å².